The van der Waals surface area contributed by atoms with E-state index in [2.05, 4.69) is 11.9 Å². The molecule has 14 heavy (non-hydrogen) atoms. The molecule has 0 unspecified atom stereocenters. The number of aromatic amines is 1. The Kier molecular flexibility index (Phi) is 3.09. The average molecular weight is 197 g/mol. The molecule has 1 aromatic rings. The Balaban J connectivity index is 3.07. The summed E-state index contributed by atoms with van der Waals surface area (Å²) in [6.45, 7) is 6.17. The first-order valence-corrected chi connectivity index (χ1v) is 4.86. The number of hydrogen-bond acceptors (Lipinski definition) is 1. The molecule has 0 saturated carbocycles. The van der Waals surface area contributed by atoms with E-state index < -0.39 is 11.4 Å². The van der Waals surface area contributed by atoms with Crippen molar-refractivity contribution < 1.29 is 4.39 Å². The molecule has 1 aromatic heterocycles. The fourth-order valence-electron chi connectivity index (χ4n) is 1.61. The number of nitrogens with one attached hydrogen (secondary N) is 1. The number of rotatable bonds is 3. The van der Waals surface area contributed by atoms with Crippen LogP contribution in [0.4, 0.5) is 4.39 Å². The summed E-state index contributed by atoms with van der Waals surface area (Å²) in [5.41, 5.74) is 0.0687. The van der Waals surface area contributed by atoms with E-state index >= 15 is 0 Å². The number of H-pyrrole nitrogens is 1. The summed E-state index contributed by atoms with van der Waals surface area (Å²) in [4.78, 5) is 13.6. The van der Waals surface area contributed by atoms with Gasteiger partial charge in [-0.25, -0.2) is 4.39 Å². The molecule has 0 fully saturated rings. The highest BCUT2D eigenvalue weighted by molar-refractivity contribution is 5.15. The molecule has 0 spiro atoms. The third kappa shape index (κ3) is 2.22. The predicted octanol–water partition coefficient (Wildman–Crippen LogP) is 2.59. The Bertz CT molecular complexity index is 368. The molecule has 0 radical (unpaired) electrons. The molecule has 0 saturated heterocycles. The van der Waals surface area contributed by atoms with E-state index in [9.17, 15) is 9.18 Å². The van der Waals surface area contributed by atoms with Crippen molar-refractivity contribution in [1.82, 2.24) is 4.98 Å². The van der Waals surface area contributed by atoms with Crippen molar-refractivity contribution in [3.05, 3.63) is 34.0 Å². The van der Waals surface area contributed by atoms with E-state index in [0.717, 1.165) is 18.5 Å². The molecule has 2 nitrogen and oxygen atoms in total. The van der Waals surface area contributed by atoms with Crippen molar-refractivity contribution in [1.29, 1.82) is 0 Å². The highest BCUT2D eigenvalue weighted by atomic mass is 19.1. The summed E-state index contributed by atoms with van der Waals surface area (Å²) in [7, 11) is 0. The number of aromatic nitrogens is 1. The minimum absolute atomic E-state index is 0.0956. The van der Waals surface area contributed by atoms with Crippen molar-refractivity contribution >= 4 is 0 Å². The van der Waals surface area contributed by atoms with Gasteiger partial charge in [-0.2, -0.15) is 0 Å². The largest absolute Gasteiger partial charge is 0.323 e. The first kappa shape index (κ1) is 11.0. The smallest absolute Gasteiger partial charge is 0.284 e. The second-order valence-electron chi connectivity index (χ2n) is 4.18. The lowest BCUT2D eigenvalue weighted by Crippen LogP contribution is -2.23. The van der Waals surface area contributed by atoms with E-state index in [4.69, 9.17) is 0 Å². The molecular weight excluding hydrogens is 181 g/mol. The molecule has 0 aliphatic carbocycles. The fourth-order valence-corrected chi connectivity index (χ4v) is 1.61. The van der Waals surface area contributed by atoms with Crippen molar-refractivity contribution in [3.8, 4) is 0 Å². The van der Waals surface area contributed by atoms with E-state index in [0.29, 0.717) is 0 Å². The summed E-state index contributed by atoms with van der Waals surface area (Å²) in [5.74, 6) is -0.721. The molecule has 0 aliphatic rings. The van der Waals surface area contributed by atoms with Gasteiger partial charge < -0.3 is 4.98 Å². The first-order valence-electron chi connectivity index (χ1n) is 4.86. The summed E-state index contributed by atoms with van der Waals surface area (Å²) in [5, 5.41) is 0. The minimum atomic E-state index is -0.721. The highest BCUT2D eigenvalue weighted by Gasteiger charge is 2.20. The number of hydrogen-bond donors (Lipinski definition) is 1. The quantitative estimate of drug-likeness (QED) is 0.793. The van der Waals surface area contributed by atoms with Gasteiger partial charge in [0.2, 0.25) is 0 Å². The zero-order chi connectivity index (χ0) is 10.8. The van der Waals surface area contributed by atoms with Crippen molar-refractivity contribution in [3.63, 3.8) is 0 Å². The van der Waals surface area contributed by atoms with Gasteiger partial charge in [0.05, 0.1) is 0 Å². The maximum atomic E-state index is 12.7. The summed E-state index contributed by atoms with van der Waals surface area (Å²) < 4.78 is 12.7. The van der Waals surface area contributed by atoms with Crippen LogP contribution < -0.4 is 5.56 Å². The highest BCUT2D eigenvalue weighted by Crippen LogP contribution is 2.25. The van der Waals surface area contributed by atoms with Crippen LogP contribution in [-0.2, 0) is 5.41 Å². The molecule has 0 aromatic carbocycles. The van der Waals surface area contributed by atoms with Crippen LogP contribution in [0, 0.1) is 5.82 Å². The lowest BCUT2D eigenvalue weighted by molar-refractivity contribution is 0.455. The summed E-state index contributed by atoms with van der Waals surface area (Å²) in [6.07, 6.45) is 2.00. The molecule has 0 amide bonds. The lowest BCUT2D eigenvalue weighted by Gasteiger charge is -2.23. The van der Waals surface area contributed by atoms with Gasteiger partial charge in [-0.3, -0.25) is 4.79 Å². The number of pyridine rings is 1. The van der Waals surface area contributed by atoms with Crippen LogP contribution >= 0.6 is 0 Å². The SMILES string of the molecule is CCCC(C)(C)c1ccc(F)c(=O)[nH]1. The van der Waals surface area contributed by atoms with Crippen LogP contribution in [0.2, 0.25) is 0 Å². The monoisotopic (exact) mass is 197 g/mol. The Morgan fingerprint density at radius 2 is 2.07 bits per heavy atom. The zero-order valence-electron chi connectivity index (χ0n) is 8.86. The van der Waals surface area contributed by atoms with E-state index in [1.165, 1.54) is 6.07 Å². The van der Waals surface area contributed by atoms with Crippen LogP contribution in [-0.4, -0.2) is 4.98 Å². The Labute approximate surface area is 83.2 Å². The summed E-state index contributed by atoms with van der Waals surface area (Å²) in [6, 6.07) is 2.87. The first-order chi connectivity index (χ1) is 6.47. The van der Waals surface area contributed by atoms with Crippen molar-refractivity contribution in [2.24, 2.45) is 0 Å². The Hall–Kier alpha value is -1.12. The minimum Gasteiger partial charge on any atom is -0.323 e. The third-order valence-corrected chi connectivity index (χ3v) is 2.47. The van der Waals surface area contributed by atoms with Gasteiger partial charge in [0.25, 0.3) is 5.56 Å². The second kappa shape index (κ2) is 3.95. The molecule has 0 atom stereocenters. The zero-order valence-corrected chi connectivity index (χ0v) is 8.86. The van der Waals surface area contributed by atoms with E-state index in [-0.39, 0.29) is 5.41 Å². The van der Waals surface area contributed by atoms with E-state index in [1.807, 2.05) is 13.8 Å². The van der Waals surface area contributed by atoms with Gasteiger partial charge >= 0.3 is 0 Å². The van der Waals surface area contributed by atoms with Crippen molar-refractivity contribution in [2.45, 2.75) is 39.0 Å². The summed E-state index contributed by atoms with van der Waals surface area (Å²) >= 11 is 0. The topological polar surface area (TPSA) is 32.9 Å². The van der Waals surface area contributed by atoms with Crippen LogP contribution in [0.3, 0.4) is 0 Å². The maximum Gasteiger partial charge on any atom is 0.284 e. The van der Waals surface area contributed by atoms with Gasteiger partial charge in [0.1, 0.15) is 0 Å². The molecular formula is C11H16FNO. The van der Waals surface area contributed by atoms with Gasteiger partial charge in [-0.15, -0.1) is 0 Å². The molecule has 3 heteroatoms. The van der Waals surface area contributed by atoms with Gasteiger partial charge in [-0.1, -0.05) is 27.2 Å². The molecule has 1 heterocycles. The standard InChI is InChI=1S/C11H16FNO/c1-4-7-11(2,3)9-6-5-8(12)10(14)13-9/h5-6H,4,7H2,1-3H3,(H,13,14). The van der Waals surface area contributed by atoms with Gasteiger partial charge in [0.15, 0.2) is 5.82 Å². The average Bonchev–Trinajstić information content (AvgIpc) is 2.09. The van der Waals surface area contributed by atoms with Gasteiger partial charge in [0, 0.05) is 11.1 Å². The third-order valence-electron chi connectivity index (χ3n) is 2.47. The van der Waals surface area contributed by atoms with Crippen LogP contribution in [0.1, 0.15) is 39.3 Å². The maximum absolute atomic E-state index is 12.7. The van der Waals surface area contributed by atoms with Gasteiger partial charge in [-0.05, 0) is 18.6 Å². The molecule has 1 N–H and O–H groups in total. The molecule has 0 aliphatic heterocycles. The fraction of sp³-hybridized carbons (Fsp3) is 0.545. The van der Waals surface area contributed by atoms with E-state index in [1.54, 1.807) is 6.07 Å². The molecule has 0 bridgehead atoms. The molecule has 78 valence electrons. The Morgan fingerprint density at radius 1 is 1.43 bits per heavy atom. The number of halogens is 1. The van der Waals surface area contributed by atoms with Crippen LogP contribution in [0.15, 0.2) is 16.9 Å². The second-order valence-corrected chi connectivity index (χ2v) is 4.18. The van der Waals surface area contributed by atoms with Crippen LogP contribution in [0.25, 0.3) is 0 Å². The lowest BCUT2D eigenvalue weighted by atomic mass is 9.84. The van der Waals surface area contributed by atoms with Crippen molar-refractivity contribution in [2.75, 3.05) is 0 Å². The molecule has 1 rings (SSSR count). The Morgan fingerprint density at radius 3 is 2.57 bits per heavy atom. The predicted molar refractivity (Wildman–Crippen MR) is 55.0 cm³/mol. The van der Waals surface area contributed by atoms with Crippen LogP contribution in [0.5, 0.6) is 0 Å². The normalized spacial score (nSPS) is 11.7.